The molecule has 2 atom stereocenters. The van der Waals surface area contributed by atoms with Crippen LogP contribution in [0.5, 0.6) is 17.2 Å². The highest BCUT2D eigenvalue weighted by molar-refractivity contribution is 5.70. The Morgan fingerprint density at radius 3 is 2.07 bits per heavy atom. The monoisotopic (exact) mass is 384 g/mol. The maximum Gasteiger partial charge on any atom is 0.308 e. The Hall–Kier alpha value is -3.35. The second kappa shape index (κ2) is 8.12. The van der Waals surface area contributed by atoms with E-state index < -0.39 is 30.1 Å². The van der Waals surface area contributed by atoms with E-state index in [0.29, 0.717) is 23.7 Å². The molecule has 0 spiro atoms. The SMILES string of the molecule is CC(=O)Oc1ccc(C2Oc3cc(OC(C)=O)ccc3CC2OC(C)=O)cc1. The quantitative estimate of drug-likeness (QED) is 0.591. The third kappa shape index (κ3) is 4.68. The van der Waals surface area contributed by atoms with E-state index >= 15 is 0 Å². The second-order valence-electron chi connectivity index (χ2n) is 6.42. The van der Waals surface area contributed by atoms with Crippen LogP contribution in [0.2, 0.25) is 0 Å². The van der Waals surface area contributed by atoms with Gasteiger partial charge in [0.1, 0.15) is 23.4 Å². The largest absolute Gasteiger partial charge is 0.481 e. The molecule has 0 saturated heterocycles. The van der Waals surface area contributed by atoms with Crippen LogP contribution in [-0.4, -0.2) is 24.0 Å². The van der Waals surface area contributed by atoms with Crippen LogP contribution in [0, 0.1) is 0 Å². The Kier molecular flexibility index (Phi) is 5.63. The van der Waals surface area contributed by atoms with E-state index in [-0.39, 0.29) is 0 Å². The highest BCUT2D eigenvalue weighted by Gasteiger charge is 2.34. The predicted octanol–water partition coefficient (Wildman–Crippen LogP) is 3.15. The van der Waals surface area contributed by atoms with Crippen LogP contribution in [0.3, 0.4) is 0 Å². The van der Waals surface area contributed by atoms with E-state index in [4.69, 9.17) is 18.9 Å². The molecule has 146 valence electrons. The van der Waals surface area contributed by atoms with Gasteiger partial charge in [0.25, 0.3) is 0 Å². The minimum absolute atomic E-state index is 0.376. The summed E-state index contributed by atoms with van der Waals surface area (Å²) in [5, 5.41) is 0. The summed E-state index contributed by atoms with van der Waals surface area (Å²) < 4.78 is 21.7. The van der Waals surface area contributed by atoms with Gasteiger partial charge >= 0.3 is 17.9 Å². The highest BCUT2D eigenvalue weighted by atomic mass is 16.6. The van der Waals surface area contributed by atoms with Crippen molar-refractivity contribution >= 4 is 17.9 Å². The number of carbonyl (C=O) groups excluding carboxylic acids is 3. The van der Waals surface area contributed by atoms with Crippen molar-refractivity contribution in [1.82, 2.24) is 0 Å². The molecule has 0 aliphatic carbocycles. The van der Waals surface area contributed by atoms with Crippen molar-refractivity contribution < 1.29 is 33.3 Å². The van der Waals surface area contributed by atoms with Crippen molar-refractivity contribution in [3.05, 3.63) is 53.6 Å². The topological polar surface area (TPSA) is 88.1 Å². The minimum Gasteiger partial charge on any atom is -0.481 e. The van der Waals surface area contributed by atoms with Gasteiger partial charge in [0.15, 0.2) is 6.10 Å². The molecule has 0 fully saturated rings. The fourth-order valence-electron chi connectivity index (χ4n) is 3.07. The van der Waals surface area contributed by atoms with Gasteiger partial charge in [0, 0.05) is 33.3 Å². The summed E-state index contributed by atoms with van der Waals surface area (Å²) in [6.45, 7) is 4.00. The zero-order chi connectivity index (χ0) is 20.3. The zero-order valence-corrected chi connectivity index (χ0v) is 15.8. The van der Waals surface area contributed by atoms with Crippen LogP contribution in [-0.2, 0) is 25.5 Å². The summed E-state index contributed by atoms with van der Waals surface area (Å²) in [6.07, 6.45) is -0.634. The molecule has 1 aliphatic rings. The molecule has 7 heteroatoms. The first-order valence-electron chi connectivity index (χ1n) is 8.75. The van der Waals surface area contributed by atoms with Crippen molar-refractivity contribution in [2.75, 3.05) is 0 Å². The summed E-state index contributed by atoms with van der Waals surface area (Å²) in [5.41, 5.74) is 1.60. The molecular formula is C21H20O7. The van der Waals surface area contributed by atoms with Crippen LogP contribution in [0.15, 0.2) is 42.5 Å². The first-order valence-corrected chi connectivity index (χ1v) is 8.75. The van der Waals surface area contributed by atoms with Crippen LogP contribution < -0.4 is 14.2 Å². The van der Waals surface area contributed by atoms with Gasteiger partial charge < -0.3 is 18.9 Å². The number of esters is 3. The Morgan fingerprint density at radius 2 is 1.46 bits per heavy atom. The number of fused-ring (bicyclic) bond motifs is 1. The molecule has 7 nitrogen and oxygen atoms in total. The third-order valence-corrected chi connectivity index (χ3v) is 4.10. The number of carbonyl (C=O) groups is 3. The van der Waals surface area contributed by atoms with E-state index in [9.17, 15) is 14.4 Å². The van der Waals surface area contributed by atoms with Gasteiger partial charge in [-0.05, 0) is 29.3 Å². The summed E-state index contributed by atoms with van der Waals surface area (Å²) in [7, 11) is 0. The van der Waals surface area contributed by atoms with Crippen molar-refractivity contribution in [1.29, 1.82) is 0 Å². The lowest BCUT2D eigenvalue weighted by atomic mass is 9.94. The zero-order valence-electron chi connectivity index (χ0n) is 15.8. The second-order valence-corrected chi connectivity index (χ2v) is 6.42. The summed E-state index contributed by atoms with van der Waals surface area (Å²) in [5.74, 6) is 0.0960. The smallest absolute Gasteiger partial charge is 0.308 e. The maximum atomic E-state index is 11.6. The molecule has 2 aromatic carbocycles. The van der Waals surface area contributed by atoms with Gasteiger partial charge in [-0.3, -0.25) is 14.4 Å². The first-order chi connectivity index (χ1) is 13.3. The predicted molar refractivity (Wildman–Crippen MR) is 98.1 cm³/mol. The molecule has 0 radical (unpaired) electrons. The average molecular weight is 384 g/mol. The molecule has 0 amide bonds. The van der Waals surface area contributed by atoms with Gasteiger partial charge in [-0.2, -0.15) is 0 Å². The van der Waals surface area contributed by atoms with Crippen LogP contribution in [0.25, 0.3) is 0 Å². The lowest BCUT2D eigenvalue weighted by molar-refractivity contribution is -0.152. The van der Waals surface area contributed by atoms with Crippen molar-refractivity contribution in [3.63, 3.8) is 0 Å². The van der Waals surface area contributed by atoms with E-state index in [2.05, 4.69) is 0 Å². The molecule has 2 aromatic rings. The summed E-state index contributed by atoms with van der Waals surface area (Å²) in [6, 6.07) is 11.9. The van der Waals surface area contributed by atoms with Crippen LogP contribution in [0.4, 0.5) is 0 Å². The molecule has 3 rings (SSSR count). The molecular weight excluding hydrogens is 364 g/mol. The standard InChI is InChI=1S/C21H20O7/c1-12(22)25-17-7-4-15(5-8-17)21-20(27-14(3)24)10-16-6-9-18(26-13(2)23)11-19(16)28-21/h4-9,11,20-21H,10H2,1-3H3. The molecule has 2 unspecified atom stereocenters. The van der Waals surface area contributed by atoms with Gasteiger partial charge in [0.2, 0.25) is 0 Å². The Morgan fingerprint density at radius 1 is 0.857 bits per heavy atom. The molecule has 1 aliphatic heterocycles. The summed E-state index contributed by atoms with van der Waals surface area (Å²) in [4.78, 5) is 33.8. The molecule has 0 N–H and O–H groups in total. The van der Waals surface area contributed by atoms with Crippen LogP contribution >= 0.6 is 0 Å². The third-order valence-electron chi connectivity index (χ3n) is 4.10. The Bertz CT molecular complexity index is 901. The lowest BCUT2D eigenvalue weighted by Crippen LogP contribution is -2.34. The fourth-order valence-corrected chi connectivity index (χ4v) is 3.07. The van der Waals surface area contributed by atoms with Gasteiger partial charge in [-0.15, -0.1) is 0 Å². The summed E-state index contributed by atoms with van der Waals surface area (Å²) >= 11 is 0. The van der Waals surface area contributed by atoms with Crippen molar-refractivity contribution in [2.24, 2.45) is 0 Å². The minimum atomic E-state index is -0.560. The Labute approximate surface area is 162 Å². The number of rotatable bonds is 4. The van der Waals surface area contributed by atoms with Crippen LogP contribution in [0.1, 0.15) is 38.0 Å². The molecule has 0 bridgehead atoms. The average Bonchev–Trinajstić information content (AvgIpc) is 2.60. The van der Waals surface area contributed by atoms with Gasteiger partial charge in [-0.25, -0.2) is 0 Å². The number of hydrogen-bond acceptors (Lipinski definition) is 7. The number of benzene rings is 2. The van der Waals surface area contributed by atoms with Gasteiger partial charge in [0.05, 0.1) is 0 Å². The molecule has 28 heavy (non-hydrogen) atoms. The normalized spacial score (nSPS) is 17.7. The molecule has 0 aromatic heterocycles. The van der Waals surface area contributed by atoms with E-state index in [1.54, 1.807) is 42.5 Å². The molecule has 1 heterocycles. The highest BCUT2D eigenvalue weighted by Crippen LogP contribution is 2.39. The first kappa shape index (κ1) is 19.4. The van der Waals surface area contributed by atoms with E-state index in [1.165, 1.54) is 20.8 Å². The fraction of sp³-hybridized carbons (Fsp3) is 0.286. The van der Waals surface area contributed by atoms with E-state index in [1.807, 2.05) is 0 Å². The van der Waals surface area contributed by atoms with E-state index in [0.717, 1.165) is 11.1 Å². The Balaban J connectivity index is 1.90. The van der Waals surface area contributed by atoms with Crippen molar-refractivity contribution in [3.8, 4) is 17.2 Å². The lowest BCUT2D eigenvalue weighted by Gasteiger charge is -2.33. The van der Waals surface area contributed by atoms with Crippen molar-refractivity contribution in [2.45, 2.75) is 39.4 Å². The molecule has 0 saturated carbocycles. The number of ether oxygens (including phenoxy) is 4. The maximum absolute atomic E-state index is 11.6. The van der Waals surface area contributed by atoms with Gasteiger partial charge in [-0.1, -0.05) is 18.2 Å². The number of hydrogen-bond donors (Lipinski definition) is 0.